The Labute approximate surface area is 154 Å². The molecule has 3 amide bonds. The van der Waals surface area contributed by atoms with Gasteiger partial charge in [0.15, 0.2) is 0 Å². The fourth-order valence-corrected chi connectivity index (χ4v) is 3.06. The third kappa shape index (κ3) is 4.63. The molecule has 0 bridgehead atoms. The largest absolute Gasteiger partial charge is 0.348 e. The molecule has 0 atom stereocenters. The van der Waals surface area contributed by atoms with Crippen molar-refractivity contribution in [2.24, 2.45) is 0 Å². The Kier molecular flexibility index (Phi) is 5.89. The molecule has 0 radical (unpaired) electrons. The number of aryl methyl sites for hydroxylation is 1. The van der Waals surface area contributed by atoms with Crippen LogP contribution in [0.25, 0.3) is 0 Å². The fourth-order valence-electron chi connectivity index (χ4n) is 3.06. The Balaban J connectivity index is 1.56. The molecule has 1 fully saturated rings. The predicted octanol–water partition coefficient (Wildman–Crippen LogP) is 3.81. The van der Waals surface area contributed by atoms with Gasteiger partial charge in [-0.2, -0.15) is 0 Å². The number of benzene rings is 2. The molecule has 5 heteroatoms. The molecule has 26 heavy (non-hydrogen) atoms. The molecule has 0 saturated carbocycles. The summed E-state index contributed by atoms with van der Waals surface area (Å²) in [6, 6.07) is 15.2. The number of hydrogen-bond donors (Lipinski definition) is 2. The second kappa shape index (κ2) is 8.52. The third-order valence-electron chi connectivity index (χ3n) is 4.65. The van der Waals surface area contributed by atoms with Crippen LogP contribution in [0.2, 0.25) is 0 Å². The maximum absolute atomic E-state index is 12.3. The predicted molar refractivity (Wildman–Crippen MR) is 103 cm³/mol. The van der Waals surface area contributed by atoms with E-state index in [0.29, 0.717) is 12.1 Å². The van der Waals surface area contributed by atoms with Gasteiger partial charge in [0.2, 0.25) is 0 Å². The molecule has 5 nitrogen and oxygen atoms in total. The monoisotopic (exact) mass is 351 g/mol. The van der Waals surface area contributed by atoms with Gasteiger partial charge < -0.3 is 15.5 Å². The Hall–Kier alpha value is -2.82. The number of carbonyl (C=O) groups excluding carboxylic acids is 2. The second-order valence-corrected chi connectivity index (χ2v) is 6.56. The lowest BCUT2D eigenvalue weighted by Gasteiger charge is -2.16. The minimum absolute atomic E-state index is 0.0558. The van der Waals surface area contributed by atoms with E-state index in [1.807, 2.05) is 53.4 Å². The van der Waals surface area contributed by atoms with Gasteiger partial charge in [-0.05, 0) is 54.7 Å². The molecule has 0 spiro atoms. The summed E-state index contributed by atoms with van der Waals surface area (Å²) in [5, 5.41) is 5.86. The van der Waals surface area contributed by atoms with Gasteiger partial charge >= 0.3 is 6.03 Å². The average Bonchev–Trinajstić information content (AvgIpc) is 3.21. The van der Waals surface area contributed by atoms with Gasteiger partial charge in [-0.1, -0.05) is 31.2 Å². The molecule has 0 aromatic heterocycles. The van der Waals surface area contributed by atoms with Gasteiger partial charge in [0.25, 0.3) is 5.91 Å². The molecule has 1 aliphatic rings. The minimum atomic E-state index is -0.0980. The summed E-state index contributed by atoms with van der Waals surface area (Å²) in [6.45, 7) is 4.14. The van der Waals surface area contributed by atoms with Crippen LogP contribution in [-0.4, -0.2) is 29.9 Å². The summed E-state index contributed by atoms with van der Waals surface area (Å²) in [7, 11) is 0. The van der Waals surface area contributed by atoms with Crippen molar-refractivity contribution in [3.8, 4) is 0 Å². The summed E-state index contributed by atoms with van der Waals surface area (Å²) in [4.78, 5) is 26.3. The molecule has 0 unspecified atom stereocenters. The van der Waals surface area contributed by atoms with Crippen molar-refractivity contribution in [2.75, 3.05) is 18.4 Å². The first-order valence-electron chi connectivity index (χ1n) is 9.17. The van der Waals surface area contributed by atoms with Crippen LogP contribution in [0, 0.1) is 0 Å². The first-order chi connectivity index (χ1) is 12.7. The fraction of sp³-hybridized carbons (Fsp3) is 0.333. The zero-order chi connectivity index (χ0) is 18.4. The van der Waals surface area contributed by atoms with E-state index < -0.39 is 0 Å². The number of carbonyl (C=O) groups is 2. The summed E-state index contributed by atoms with van der Waals surface area (Å²) in [5.74, 6) is -0.0980. The van der Waals surface area contributed by atoms with Crippen molar-refractivity contribution in [1.82, 2.24) is 10.2 Å². The van der Waals surface area contributed by atoms with Gasteiger partial charge in [0.05, 0.1) is 0 Å². The molecule has 136 valence electrons. The summed E-state index contributed by atoms with van der Waals surface area (Å²) in [6.07, 6.45) is 3.09. The van der Waals surface area contributed by atoms with Crippen molar-refractivity contribution >= 4 is 17.6 Å². The van der Waals surface area contributed by atoms with Gasteiger partial charge in [-0.3, -0.25) is 4.79 Å². The highest BCUT2D eigenvalue weighted by Gasteiger charge is 2.17. The zero-order valence-electron chi connectivity index (χ0n) is 15.1. The van der Waals surface area contributed by atoms with Crippen LogP contribution in [-0.2, 0) is 13.0 Å². The number of likely N-dealkylation sites (tertiary alicyclic amines) is 1. The van der Waals surface area contributed by atoms with Gasteiger partial charge in [0.1, 0.15) is 0 Å². The first-order valence-corrected chi connectivity index (χ1v) is 9.17. The zero-order valence-corrected chi connectivity index (χ0v) is 15.1. The lowest BCUT2D eigenvalue weighted by Crippen LogP contribution is -2.32. The smallest absolute Gasteiger partial charge is 0.321 e. The quantitative estimate of drug-likeness (QED) is 0.860. The van der Waals surface area contributed by atoms with Crippen molar-refractivity contribution in [1.29, 1.82) is 0 Å². The highest BCUT2D eigenvalue weighted by molar-refractivity contribution is 5.94. The highest BCUT2D eigenvalue weighted by atomic mass is 16.2. The Bertz CT molecular complexity index is 765. The summed E-state index contributed by atoms with van der Waals surface area (Å²) >= 11 is 0. The van der Waals surface area contributed by atoms with E-state index in [9.17, 15) is 9.59 Å². The summed E-state index contributed by atoms with van der Waals surface area (Å²) in [5.41, 5.74) is 3.56. The molecule has 0 aliphatic carbocycles. The molecule has 3 rings (SSSR count). The van der Waals surface area contributed by atoms with Crippen LogP contribution < -0.4 is 10.6 Å². The average molecular weight is 351 g/mol. The number of hydrogen-bond acceptors (Lipinski definition) is 2. The summed E-state index contributed by atoms with van der Waals surface area (Å²) < 4.78 is 0. The van der Waals surface area contributed by atoms with Crippen LogP contribution >= 0.6 is 0 Å². The first kappa shape index (κ1) is 18.0. The van der Waals surface area contributed by atoms with Crippen molar-refractivity contribution in [2.45, 2.75) is 32.7 Å². The van der Waals surface area contributed by atoms with Crippen LogP contribution in [0.15, 0.2) is 48.5 Å². The number of amides is 3. The van der Waals surface area contributed by atoms with E-state index in [0.717, 1.165) is 43.6 Å². The highest BCUT2D eigenvalue weighted by Crippen LogP contribution is 2.14. The molecule has 2 aromatic rings. The number of nitrogens with zero attached hydrogens (tertiary/aromatic N) is 1. The molecule has 2 aromatic carbocycles. The molecule has 1 heterocycles. The van der Waals surface area contributed by atoms with Crippen LogP contribution in [0.5, 0.6) is 0 Å². The normalized spacial score (nSPS) is 13.5. The molecular formula is C21H25N3O2. The van der Waals surface area contributed by atoms with Gasteiger partial charge in [0, 0.05) is 30.9 Å². The Morgan fingerprint density at radius 3 is 2.42 bits per heavy atom. The lowest BCUT2D eigenvalue weighted by molar-refractivity contribution is 0.0951. The molecule has 1 aliphatic heterocycles. The van der Waals surface area contributed by atoms with Gasteiger partial charge in [-0.25, -0.2) is 4.79 Å². The SMILES string of the molecule is CCc1ccc(C(=O)NCc2cccc(NC(=O)N3CCCC3)c2)cc1. The van der Waals surface area contributed by atoms with Crippen molar-refractivity contribution in [3.63, 3.8) is 0 Å². The van der Waals surface area contributed by atoms with E-state index in [2.05, 4.69) is 17.6 Å². The third-order valence-corrected chi connectivity index (χ3v) is 4.65. The maximum Gasteiger partial charge on any atom is 0.321 e. The molecule has 2 N–H and O–H groups in total. The van der Waals surface area contributed by atoms with E-state index in [4.69, 9.17) is 0 Å². The van der Waals surface area contributed by atoms with E-state index >= 15 is 0 Å². The number of rotatable bonds is 5. The molecule has 1 saturated heterocycles. The second-order valence-electron chi connectivity index (χ2n) is 6.56. The van der Waals surface area contributed by atoms with Gasteiger partial charge in [-0.15, -0.1) is 0 Å². The Morgan fingerprint density at radius 1 is 1.00 bits per heavy atom. The topological polar surface area (TPSA) is 61.4 Å². The van der Waals surface area contributed by atoms with Crippen LogP contribution in [0.3, 0.4) is 0 Å². The maximum atomic E-state index is 12.3. The standard InChI is InChI=1S/C21H25N3O2/c1-2-16-8-10-18(11-9-16)20(25)22-15-17-6-5-7-19(14-17)23-21(26)24-12-3-4-13-24/h5-11,14H,2-4,12-13,15H2,1H3,(H,22,25)(H,23,26). The molecular weight excluding hydrogens is 326 g/mol. The number of nitrogens with one attached hydrogen (secondary N) is 2. The Morgan fingerprint density at radius 2 is 1.73 bits per heavy atom. The van der Waals surface area contributed by atoms with E-state index in [1.54, 1.807) is 0 Å². The van der Waals surface area contributed by atoms with Crippen LogP contribution in [0.4, 0.5) is 10.5 Å². The van der Waals surface area contributed by atoms with Crippen molar-refractivity contribution in [3.05, 3.63) is 65.2 Å². The van der Waals surface area contributed by atoms with E-state index in [1.165, 1.54) is 5.56 Å². The van der Waals surface area contributed by atoms with Crippen molar-refractivity contribution < 1.29 is 9.59 Å². The minimum Gasteiger partial charge on any atom is -0.348 e. The van der Waals surface area contributed by atoms with Crippen LogP contribution in [0.1, 0.15) is 41.3 Å². The number of anilines is 1. The lowest BCUT2D eigenvalue weighted by atomic mass is 10.1. The number of urea groups is 1. The van der Waals surface area contributed by atoms with E-state index in [-0.39, 0.29) is 11.9 Å².